The Hall–Kier alpha value is -1.65. The molecule has 1 aromatic heterocycles. The van der Waals surface area contributed by atoms with Crippen LogP contribution in [0.2, 0.25) is 0 Å². The summed E-state index contributed by atoms with van der Waals surface area (Å²) < 4.78 is 5.45. The number of ether oxygens (including phenoxy) is 1. The molecule has 0 N–H and O–H groups in total. The molecule has 116 valence electrons. The van der Waals surface area contributed by atoms with E-state index in [2.05, 4.69) is 11.4 Å². The molecule has 0 spiro atoms. The van der Waals surface area contributed by atoms with Gasteiger partial charge in [0, 0.05) is 29.7 Å². The first-order valence-electron chi connectivity index (χ1n) is 7.72. The molecule has 1 aromatic carbocycles. The maximum atomic E-state index is 13.0. The smallest absolute Gasteiger partial charge is 0.254 e. The first-order chi connectivity index (χ1) is 10.7. The summed E-state index contributed by atoms with van der Waals surface area (Å²) in [5.41, 5.74) is 1.90. The van der Waals surface area contributed by atoms with E-state index in [0.29, 0.717) is 6.54 Å². The molecule has 0 radical (unpaired) electrons. The monoisotopic (exact) mass is 315 g/mol. The molecule has 0 atom stereocenters. The van der Waals surface area contributed by atoms with Gasteiger partial charge in [-0.1, -0.05) is 23.8 Å². The molecule has 1 saturated heterocycles. The van der Waals surface area contributed by atoms with Crippen molar-refractivity contribution in [1.82, 2.24) is 4.90 Å². The Labute approximate surface area is 135 Å². The van der Waals surface area contributed by atoms with Gasteiger partial charge in [-0.25, -0.2) is 0 Å². The van der Waals surface area contributed by atoms with E-state index in [1.54, 1.807) is 11.3 Å². The van der Waals surface area contributed by atoms with Gasteiger partial charge in [0.2, 0.25) is 0 Å². The highest BCUT2D eigenvalue weighted by Gasteiger charge is 2.27. The van der Waals surface area contributed by atoms with Gasteiger partial charge in [0.05, 0.1) is 6.54 Å². The Kier molecular flexibility index (Phi) is 4.90. The number of amides is 1. The maximum absolute atomic E-state index is 13.0. The van der Waals surface area contributed by atoms with Crippen molar-refractivity contribution in [2.45, 2.75) is 32.4 Å². The standard InChI is InChI=1S/C18H21NO2S/c1-14-4-2-5-15(12-14)18(20)19(13-17-6-3-11-22-17)16-7-9-21-10-8-16/h2-6,11-12,16H,7-10,13H2,1H3. The molecule has 1 aliphatic rings. The lowest BCUT2D eigenvalue weighted by molar-refractivity contribution is 0.0270. The quantitative estimate of drug-likeness (QED) is 0.857. The van der Waals surface area contributed by atoms with Gasteiger partial charge in [0.1, 0.15) is 0 Å². The van der Waals surface area contributed by atoms with Crippen LogP contribution in [0.1, 0.15) is 33.6 Å². The van der Waals surface area contributed by atoms with Crippen LogP contribution >= 0.6 is 11.3 Å². The minimum atomic E-state index is 0.129. The number of nitrogens with zero attached hydrogens (tertiary/aromatic N) is 1. The Morgan fingerprint density at radius 1 is 1.27 bits per heavy atom. The molecule has 0 aliphatic carbocycles. The SMILES string of the molecule is Cc1cccc(C(=O)N(Cc2cccs2)C2CCOCC2)c1. The second-order valence-corrected chi connectivity index (χ2v) is 6.76. The average molecular weight is 315 g/mol. The van der Waals surface area contributed by atoms with Crippen molar-refractivity contribution in [1.29, 1.82) is 0 Å². The third-order valence-corrected chi connectivity index (χ3v) is 4.92. The number of hydrogen-bond donors (Lipinski definition) is 0. The van der Waals surface area contributed by atoms with E-state index in [9.17, 15) is 4.79 Å². The number of hydrogen-bond acceptors (Lipinski definition) is 3. The summed E-state index contributed by atoms with van der Waals surface area (Å²) in [6.07, 6.45) is 1.84. The van der Waals surface area contributed by atoms with E-state index in [-0.39, 0.29) is 11.9 Å². The summed E-state index contributed by atoms with van der Waals surface area (Å²) in [7, 11) is 0. The highest BCUT2D eigenvalue weighted by Crippen LogP contribution is 2.22. The van der Waals surface area contributed by atoms with Gasteiger partial charge in [-0.15, -0.1) is 11.3 Å². The fourth-order valence-electron chi connectivity index (χ4n) is 2.88. The molecule has 3 rings (SSSR count). The normalized spacial score (nSPS) is 15.7. The molecule has 3 nitrogen and oxygen atoms in total. The molecule has 4 heteroatoms. The van der Waals surface area contributed by atoms with E-state index in [1.807, 2.05) is 42.2 Å². The van der Waals surface area contributed by atoms with E-state index >= 15 is 0 Å². The summed E-state index contributed by atoms with van der Waals surface area (Å²) in [4.78, 5) is 16.3. The topological polar surface area (TPSA) is 29.5 Å². The van der Waals surface area contributed by atoms with Gasteiger partial charge >= 0.3 is 0 Å². The molecule has 0 bridgehead atoms. The summed E-state index contributed by atoms with van der Waals surface area (Å²) in [5.74, 6) is 0.129. The second kappa shape index (κ2) is 7.07. The van der Waals surface area contributed by atoms with Gasteiger partial charge in [-0.2, -0.15) is 0 Å². The zero-order valence-corrected chi connectivity index (χ0v) is 13.6. The van der Waals surface area contributed by atoms with Crippen LogP contribution in [0.3, 0.4) is 0 Å². The fourth-order valence-corrected chi connectivity index (χ4v) is 3.58. The van der Waals surface area contributed by atoms with Crippen LogP contribution in [0.5, 0.6) is 0 Å². The van der Waals surface area contributed by atoms with Crippen molar-refractivity contribution in [2.75, 3.05) is 13.2 Å². The lowest BCUT2D eigenvalue weighted by Crippen LogP contribution is -2.42. The van der Waals surface area contributed by atoms with Crippen LogP contribution in [0.15, 0.2) is 41.8 Å². The van der Waals surface area contributed by atoms with Crippen molar-refractivity contribution in [3.63, 3.8) is 0 Å². The predicted octanol–water partition coefficient (Wildman–Crippen LogP) is 3.88. The Morgan fingerprint density at radius 3 is 2.77 bits per heavy atom. The highest BCUT2D eigenvalue weighted by molar-refractivity contribution is 7.09. The molecular weight excluding hydrogens is 294 g/mol. The second-order valence-electron chi connectivity index (χ2n) is 5.73. The summed E-state index contributed by atoms with van der Waals surface area (Å²) in [5, 5.41) is 2.06. The third kappa shape index (κ3) is 3.57. The highest BCUT2D eigenvalue weighted by atomic mass is 32.1. The Morgan fingerprint density at radius 2 is 2.09 bits per heavy atom. The van der Waals surface area contributed by atoms with Crippen LogP contribution < -0.4 is 0 Å². The number of aryl methyl sites for hydroxylation is 1. The van der Waals surface area contributed by atoms with E-state index < -0.39 is 0 Å². The first-order valence-corrected chi connectivity index (χ1v) is 8.60. The van der Waals surface area contributed by atoms with Gasteiger partial charge < -0.3 is 9.64 Å². The molecule has 22 heavy (non-hydrogen) atoms. The molecule has 1 fully saturated rings. The molecule has 2 heterocycles. The van der Waals surface area contributed by atoms with Crippen LogP contribution in [0.25, 0.3) is 0 Å². The van der Waals surface area contributed by atoms with Crippen molar-refractivity contribution in [3.05, 3.63) is 57.8 Å². The lowest BCUT2D eigenvalue weighted by atomic mass is 10.0. The predicted molar refractivity (Wildman–Crippen MR) is 89.2 cm³/mol. The number of carbonyl (C=O) groups is 1. The number of carbonyl (C=O) groups excluding carboxylic acids is 1. The summed E-state index contributed by atoms with van der Waals surface area (Å²) in [6.45, 7) is 4.20. The van der Waals surface area contributed by atoms with Crippen molar-refractivity contribution >= 4 is 17.2 Å². The number of benzene rings is 1. The van der Waals surface area contributed by atoms with E-state index in [4.69, 9.17) is 4.74 Å². The zero-order valence-electron chi connectivity index (χ0n) is 12.8. The zero-order chi connectivity index (χ0) is 15.4. The minimum Gasteiger partial charge on any atom is -0.381 e. The average Bonchev–Trinajstić information content (AvgIpc) is 3.06. The minimum absolute atomic E-state index is 0.129. The van der Waals surface area contributed by atoms with Gasteiger partial charge in [-0.3, -0.25) is 4.79 Å². The van der Waals surface area contributed by atoms with Gasteiger partial charge in [0.15, 0.2) is 0 Å². The molecule has 2 aromatic rings. The van der Waals surface area contributed by atoms with E-state index in [1.165, 1.54) is 4.88 Å². The molecule has 0 unspecified atom stereocenters. The van der Waals surface area contributed by atoms with Crippen molar-refractivity contribution in [3.8, 4) is 0 Å². The van der Waals surface area contributed by atoms with Crippen LogP contribution in [0.4, 0.5) is 0 Å². The van der Waals surface area contributed by atoms with E-state index in [0.717, 1.165) is 37.2 Å². The molecular formula is C18H21NO2S. The van der Waals surface area contributed by atoms with Gasteiger partial charge in [-0.05, 0) is 43.3 Å². The largest absolute Gasteiger partial charge is 0.381 e. The van der Waals surface area contributed by atoms with Crippen LogP contribution in [-0.2, 0) is 11.3 Å². The first kappa shape index (κ1) is 15.3. The third-order valence-electron chi connectivity index (χ3n) is 4.06. The lowest BCUT2D eigenvalue weighted by Gasteiger charge is -2.34. The van der Waals surface area contributed by atoms with Crippen LogP contribution in [-0.4, -0.2) is 30.1 Å². The Bertz CT molecular complexity index is 618. The molecule has 1 aliphatic heterocycles. The van der Waals surface area contributed by atoms with Crippen molar-refractivity contribution in [2.24, 2.45) is 0 Å². The Balaban J connectivity index is 1.84. The molecule has 1 amide bonds. The number of rotatable bonds is 4. The van der Waals surface area contributed by atoms with Crippen molar-refractivity contribution < 1.29 is 9.53 Å². The summed E-state index contributed by atoms with van der Waals surface area (Å²) >= 11 is 1.71. The van der Waals surface area contributed by atoms with Gasteiger partial charge in [0.25, 0.3) is 5.91 Å². The summed E-state index contributed by atoms with van der Waals surface area (Å²) in [6, 6.07) is 12.3. The number of thiophene rings is 1. The fraction of sp³-hybridized carbons (Fsp3) is 0.389. The molecule has 0 saturated carbocycles. The van der Waals surface area contributed by atoms with Crippen LogP contribution in [0, 0.1) is 6.92 Å². The maximum Gasteiger partial charge on any atom is 0.254 e.